The summed E-state index contributed by atoms with van der Waals surface area (Å²) in [6.07, 6.45) is 0.636. The molecule has 0 radical (unpaired) electrons. The summed E-state index contributed by atoms with van der Waals surface area (Å²) in [5, 5.41) is 2.86. The Morgan fingerprint density at radius 3 is 2.50 bits per heavy atom. The fourth-order valence-electron chi connectivity index (χ4n) is 2.36. The van der Waals surface area contributed by atoms with Crippen LogP contribution >= 0.6 is 0 Å². The van der Waals surface area contributed by atoms with Crippen molar-refractivity contribution >= 4 is 23.5 Å². The van der Waals surface area contributed by atoms with Gasteiger partial charge in [-0.3, -0.25) is 4.79 Å². The SMILES string of the molecule is COc1ccccc1CCNC(=O)c1ccccc1N=C(N)N=C(N)N. The highest BCUT2D eigenvalue weighted by atomic mass is 16.5. The molecule has 0 aliphatic rings. The summed E-state index contributed by atoms with van der Waals surface area (Å²) in [6, 6.07) is 14.5. The molecular formula is C18H22N6O2. The molecule has 0 saturated heterocycles. The fraction of sp³-hybridized carbons (Fsp3) is 0.167. The van der Waals surface area contributed by atoms with Crippen LogP contribution in [0.1, 0.15) is 15.9 Å². The second kappa shape index (κ2) is 9.07. The maximum Gasteiger partial charge on any atom is 0.253 e. The molecule has 0 heterocycles. The van der Waals surface area contributed by atoms with E-state index in [4.69, 9.17) is 21.9 Å². The van der Waals surface area contributed by atoms with Crippen molar-refractivity contribution in [2.24, 2.45) is 27.2 Å². The third-order valence-corrected chi connectivity index (χ3v) is 3.50. The lowest BCUT2D eigenvalue weighted by Crippen LogP contribution is -2.27. The third-order valence-electron chi connectivity index (χ3n) is 3.50. The van der Waals surface area contributed by atoms with E-state index < -0.39 is 0 Å². The Hall–Kier alpha value is -3.55. The van der Waals surface area contributed by atoms with Gasteiger partial charge in [-0.25, -0.2) is 4.99 Å². The maximum absolute atomic E-state index is 12.5. The minimum Gasteiger partial charge on any atom is -0.496 e. The second-order valence-electron chi connectivity index (χ2n) is 5.34. The molecule has 0 aliphatic heterocycles. The number of hydrogen-bond acceptors (Lipinski definition) is 3. The standard InChI is InChI=1S/C18H22N6O2/c1-26-15-9-5-2-6-12(15)10-11-22-16(25)13-7-3-4-8-14(13)23-18(21)24-17(19)20/h2-9H,10-11H2,1H3,(H,22,25)(H6,19,20,21,23,24). The Morgan fingerprint density at radius 2 is 1.77 bits per heavy atom. The first-order chi connectivity index (χ1) is 12.5. The quantitative estimate of drug-likeness (QED) is 0.450. The first-order valence-electron chi connectivity index (χ1n) is 7.94. The number of benzene rings is 2. The summed E-state index contributed by atoms with van der Waals surface area (Å²) in [5.74, 6) is 0.192. The molecule has 0 fully saturated rings. The van der Waals surface area contributed by atoms with Gasteiger partial charge in [0, 0.05) is 6.54 Å². The van der Waals surface area contributed by atoms with Crippen molar-refractivity contribution < 1.29 is 9.53 Å². The average Bonchev–Trinajstić information content (AvgIpc) is 2.61. The van der Waals surface area contributed by atoms with Crippen LogP contribution in [0.5, 0.6) is 5.75 Å². The van der Waals surface area contributed by atoms with Crippen molar-refractivity contribution in [3.8, 4) is 5.75 Å². The smallest absolute Gasteiger partial charge is 0.253 e. The Kier molecular flexibility index (Phi) is 6.55. The van der Waals surface area contributed by atoms with Crippen LogP contribution in [0.2, 0.25) is 0 Å². The van der Waals surface area contributed by atoms with Crippen molar-refractivity contribution in [3.05, 3.63) is 59.7 Å². The maximum atomic E-state index is 12.5. The van der Waals surface area contributed by atoms with Crippen LogP contribution in [0.3, 0.4) is 0 Å². The predicted molar refractivity (Wildman–Crippen MR) is 103 cm³/mol. The number of aliphatic imine (C=N–C) groups is 2. The van der Waals surface area contributed by atoms with Gasteiger partial charge in [-0.1, -0.05) is 30.3 Å². The lowest BCUT2D eigenvalue weighted by atomic mass is 10.1. The Bertz CT molecular complexity index is 828. The van der Waals surface area contributed by atoms with E-state index in [1.807, 2.05) is 24.3 Å². The first kappa shape index (κ1) is 18.8. The van der Waals surface area contributed by atoms with Crippen molar-refractivity contribution in [2.75, 3.05) is 13.7 Å². The molecule has 26 heavy (non-hydrogen) atoms. The summed E-state index contributed by atoms with van der Waals surface area (Å²) in [4.78, 5) is 20.2. The van der Waals surface area contributed by atoms with Gasteiger partial charge < -0.3 is 27.3 Å². The van der Waals surface area contributed by atoms with Crippen molar-refractivity contribution in [1.82, 2.24) is 5.32 Å². The topological polar surface area (TPSA) is 141 Å². The number of para-hydroxylation sites is 2. The van der Waals surface area contributed by atoms with E-state index in [-0.39, 0.29) is 17.8 Å². The number of guanidine groups is 2. The van der Waals surface area contributed by atoms with Gasteiger partial charge in [-0.05, 0) is 30.2 Å². The number of amides is 1. The summed E-state index contributed by atoms with van der Waals surface area (Å²) in [5.41, 5.74) is 17.9. The number of rotatable bonds is 6. The Balaban J connectivity index is 2.07. The zero-order valence-corrected chi connectivity index (χ0v) is 14.5. The van der Waals surface area contributed by atoms with Crippen LogP contribution < -0.4 is 27.3 Å². The van der Waals surface area contributed by atoms with Crippen LogP contribution in [0.25, 0.3) is 0 Å². The average molecular weight is 354 g/mol. The van der Waals surface area contributed by atoms with E-state index in [0.29, 0.717) is 24.2 Å². The summed E-state index contributed by atoms with van der Waals surface area (Å²) < 4.78 is 5.30. The number of carbonyl (C=O) groups excluding carboxylic acids is 1. The molecule has 136 valence electrons. The number of hydrogen-bond donors (Lipinski definition) is 4. The highest BCUT2D eigenvalue weighted by Crippen LogP contribution is 2.19. The second-order valence-corrected chi connectivity index (χ2v) is 5.34. The van der Waals surface area contributed by atoms with Crippen LogP contribution in [0.4, 0.5) is 5.69 Å². The minimum atomic E-state index is -0.267. The van der Waals surface area contributed by atoms with Gasteiger partial charge in [0.15, 0.2) is 5.96 Å². The molecule has 0 atom stereocenters. The molecule has 2 rings (SSSR count). The van der Waals surface area contributed by atoms with Gasteiger partial charge in [0.1, 0.15) is 5.75 Å². The zero-order chi connectivity index (χ0) is 18.9. The van der Waals surface area contributed by atoms with E-state index in [0.717, 1.165) is 11.3 Å². The van der Waals surface area contributed by atoms with E-state index in [1.54, 1.807) is 31.4 Å². The van der Waals surface area contributed by atoms with Gasteiger partial charge in [0.25, 0.3) is 5.91 Å². The third kappa shape index (κ3) is 5.23. The van der Waals surface area contributed by atoms with E-state index in [9.17, 15) is 4.79 Å². The zero-order valence-electron chi connectivity index (χ0n) is 14.5. The normalized spacial score (nSPS) is 10.9. The number of nitrogens with zero attached hydrogens (tertiary/aromatic N) is 2. The van der Waals surface area contributed by atoms with Crippen molar-refractivity contribution in [1.29, 1.82) is 0 Å². The number of nitrogens with one attached hydrogen (secondary N) is 1. The fourth-order valence-corrected chi connectivity index (χ4v) is 2.36. The molecule has 0 bridgehead atoms. The largest absolute Gasteiger partial charge is 0.496 e. The lowest BCUT2D eigenvalue weighted by molar-refractivity contribution is 0.0955. The van der Waals surface area contributed by atoms with Gasteiger partial charge in [0.2, 0.25) is 5.96 Å². The number of ether oxygens (including phenoxy) is 1. The first-order valence-corrected chi connectivity index (χ1v) is 7.94. The molecule has 0 aliphatic carbocycles. The van der Waals surface area contributed by atoms with Gasteiger partial charge in [0.05, 0.1) is 18.4 Å². The number of carbonyl (C=O) groups is 1. The molecule has 7 N–H and O–H groups in total. The van der Waals surface area contributed by atoms with E-state index in [1.165, 1.54) is 0 Å². The molecule has 0 spiro atoms. The van der Waals surface area contributed by atoms with Crippen molar-refractivity contribution in [2.45, 2.75) is 6.42 Å². The lowest BCUT2D eigenvalue weighted by Gasteiger charge is -2.10. The predicted octanol–water partition coefficient (Wildman–Crippen LogP) is 0.887. The molecule has 0 aromatic heterocycles. The Labute approximate surface area is 151 Å². The molecule has 2 aromatic rings. The van der Waals surface area contributed by atoms with Crippen LogP contribution in [0, 0.1) is 0 Å². The number of methoxy groups -OCH3 is 1. The monoisotopic (exact) mass is 354 g/mol. The summed E-state index contributed by atoms with van der Waals surface area (Å²) in [6.45, 7) is 0.445. The highest BCUT2D eigenvalue weighted by Gasteiger charge is 2.11. The van der Waals surface area contributed by atoms with Gasteiger partial charge in [-0.2, -0.15) is 4.99 Å². The molecule has 8 nitrogen and oxygen atoms in total. The highest BCUT2D eigenvalue weighted by molar-refractivity contribution is 6.01. The molecule has 2 aromatic carbocycles. The minimum absolute atomic E-state index is 0.126. The van der Waals surface area contributed by atoms with Crippen LogP contribution in [-0.2, 0) is 6.42 Å². The summed E-state index contributed by atoms with van der Waals surface area (Å²) >= 11 is 0. The molecule has 0 saturated carbocycles. The molecule has 0 unspecified atom stereocenters. The van der Waals surface area contributed by atoms with E-state index >= 15 is 0 Å². The van der Waals surface area contributed by atoms with Crippen molar-refractivity contribution in [3.63, 3.8) is 0 Å². The number of nitrogens with two attached hydrogens (primary N) is 3. The molecular weight excluding hydrogens is 332 g/mol. The molecule has 1 amide bonds. The van der Waals surface area contributed by atoms with E-state index in [2.05, 4.69) is 15.3 Å². The van der Waals surface area contributed by atoms with Crippen LogP contribution in [-0.4, -0.2) is 31.5 Å². The molecule has 8 heteroatoms. The Morgan fingerprint density at radius 1 is 1.08 bits per heavy atom. The summed E-state index contributed by atoms with van der Waals surface area (Å²) in [7, 11) is 1.62. The van der Waals surface area contributed by atoms with Gasteiger partial charge >= 0.3 is 0 Å². The van der Waals surface area contributed by atoms with Gasteiger partial charge in [-0.15, -0.1) is 0 Å². The van der Waals surface area contributed by atoms with Crippen LogP contribution in [0.15, 0.2) is 58.5 Å².